The average molecular weight is 2490 g/mol. The van der Waals surface area contributed by atoms with E-state index in [1.54, 1.807) is 12.1 Å². The second kappa shape index (κ2) is 56.0. The van der Waals surface area contributed by atoms with Gasteiger partial charge in [0.05, 0.1) is 0 Å². The molecule has 0 aliphatic heterocycles. The molecule has 0 fully saturated rings. The number of benzene rings is 15. The van der Waals surface area contributed by atoms with E-state index in [0.717, 1.165) is 144 Å². The maximum Gasteiger partial charge on any atom is 0.124 e. The SMILES string of the molecule is CC(C)(C)[CH]=[W]=[N]c1c(Cl)cccc1Cl.CC(C)(C)[CH]=[W]=[N]c1c(Cl)cccc1Cl.CC(C)(C)[Si](C)(C)Oc1cccc2cccc(-c3cccc4cccc(O)c34)c12.CC(C)c1cccc(C(C)C)c1[N]=[Mo+2]=[CH]C(C)(C)C.Cc1ccc(C)[n-]1.Cc1ccc(C)[n-]1.Cc1ccc(C)[n-]1.Oc1cccc2cccc(-c3ccccc3)c12.[S-]c1c(-c2ccccc2)c(-c2ccccc2)cc(-c2ccccc2)c1-c1ccccc1. The van der Waals surface area contributed by atoms with Crippen molar-refractivity contribution in [2.75, 3.05) is 0 Å². The first kappa shape index (κ1) is 118. The second-order valence-electron chi connectivity index (χ2n) is 41.2. The van der Waals surface area contributed by atoms with Crippen LogP contribution in [0.3, 0.4) is 0 Å². The molecule has 18 heteroatoms. The maximum absolute atomic E-state index is 10.6. The number of hydrogen-bond donors (Lipinski definition) is 2. The second-order valence-corrected chi connectivity index (χ2v) is 54.1. The summed E-state index contributed by atoms with van der Waals surface area (Å²) in [6.45, 7) is 52.1. The summed E-state index contributed by atoms with van der Waals surface area (Å²) in [5, 5.41) is 29.5. The van der Waals surface area contributed by atoms with E-state index in [9.17, 15) is 10.2 Å². The molecule has 15 aromatic carbocycles. The van der Waals surface area contributed by atoms with Crippen molar-refractivity contribution in [3.63, 3.8) is 0 Å². The standard InChI is InChI=1S/C30H22S.C26H28O2Si.C16H12O.C12H17N.2C6H3Cl2N.3C6H8N.3C5H10.Mo.2W/c31-30-28(24-17-9-3-10-18-24)26(22-13-5-1-6-14-22)21-27(23-15-7-2-8-16-23)29(30)25-19-11-4-12-20-25;1-26(2,3)29(4,5)28-23-17-9-13-19-11-7-15-21(25(19)23)20-14-6-10-18-12-8-16-22(27)24(18)20;17-15-11-5-9-13-8-4-10-14(16(13)15)12-6-2-1-3-7-12;1-8(2)10-6-5-7-11(9(3)4)12(10)13;2*7-4-2-1-3-5(8)6(4)9;3*1-5-3-4-6(2)7-5;3*1-5(2,3)4;;;/h1-21,31H;6-17,27H,1-5H3;1-11,17H;5-9H,1-4H3;2*1-3H;3*3-4H,1-2H3;3*1H,2-4H3;;;/q;;;;;;3*-1;;;;+2;;/p-1. The summed E-state index contributed by atoms with van der Waals surface area (Å²) in [5.74, 6) is 2.65. The van der Waals surface area contributed by atoms with Crippen molar-refractivity contribution in [1.29, 1.82) is 0 Å². The van der Waals surface area contributed by atoms with Crippen molar-refractivity contribution in [2.24, 2.45) is 26.7 Å². The van der Waals surface area contributed by atoms with Gasteiger partial charge in [-0.3, -0.25) is 0 Å². The summed E-state index contributed by atoms with van der Waals surface area (Å²) in [6, 6.07) is 120. The van der Waals surface area contributed by atoms with Crippen molar-refractivity contribution < 1.29 is 68.4 Å². The Bertz CT molecular complexity index is 7160. The number of phenols is 2. The van der Waals surface area contributed by atoms with E-state index in [-0.39, 0.29) is 21.3 Å². The van der Waals surface area contributed by atoms with Crippen LogP contribution in [0.1, 0.15) is 168 Å². The van der Waals surface area contributed by atoms with Gasteiger partial charge in [-0.2, -0.15) is 39.1 Å². The molecule has 0 spiro atoms. The van der Waals surface area contributed by atoms with Gasteiger partial charge in [0.15, 0.2) is 0 Å². The Balaban J connectivity index is 0.000000177. The summed E-state index contributed by atoms with van der Waals surface area (Å²) in [5.41, 5.74) is 26.5. The van der Waals surface area contributed by atoms with Gasteiger partial charge in [-0.25, -0.2) is 0 Å². The molecule has 0 bridgehead atoms. The van der Waals surface area contributed by atoms with E-state index in [1.807, 2.05) is 199 Å². The zero-order valence-corrected chi connectivity index (χ0v) is 102. The molecule has 9 nitrogen and oxygen atoms in total. The number of rotatable bonds is 13. The summed E-state index contributed by atoms with van der Waals surface area (Å²) < 4.78 is 27.9. The topological polar surface area (TPSA) is 129 Å². The summed E-state index contributed by atoms with van der Waals surface area (Å²) in [4.78, 5) is 13.2. The van der Waals surface area contributed by atoms with Crippen LogP contribution in [-0.4, -0.2) is 31.7 Å². The van der Waals surface area contributed by atoms with Gasteiger partial charge in [0.2, 0.25) is 0 Å². The molecule has 3 heterocycles. The third-order valence-corrected chi connectivity index (χ3v) is 40.0. The number of fused-ring (bicyclic) bond motifs is 3. The molecule has 18 aromatic rings. The molecule has 0 saturated carbocycles. The molecule has 147 heavy (non-hydrogen) atoms. The largest absolute Gasteiger partial charge is 0.778 e. The molecular weight excluding hydrogens is 2350 g/mol. The summed E-state index contributed by atoms with van der Waals surface area (Å²) >= 11 is 28.2. The van der Waals surface area contributed by atoms with E-state index in [1.165, 1.54) is 27.9 Å². The summed E-state index contributed by atoms with van der Waals surface area (Å²) in [6.07, 6.45) is 0. The number of aromatic hydroxyl groups is 2. The average Bonchev–Trinajstić information content (AvgIpc) is 0.827. The van der Waals surface area contributed by atoms with Gasteiger partial charge in [0.25, 0.3) is 8.32 Å². The van der Waals surface area contributed by atoms with Crippen LogP contribution in [-0.2, 0) is 66.4 Å². The van der Waals surface area contributed by atoms with Crippen molar-refractivity contribution in [1.82, 2.24) is 15.0 Å². The molecule has 0 unspecified atom stereocenters. The van der Waals surface area contributed by atoms with E-state index < -0.39 is 62.1 Å². The molecular formula is C129H138Cl4MoN6O3SSiW2-2. The zero-order chi connectivity index (χ0) is 107. The minimum Gasteiger partial charge on any atom is -0.778 e. The fourth-order valence-electron chi connectivity index (χ4n) is 15.2. The van der Waals surface area contributed by atoms with Crippen LogP contribution in [0.5, 0.6) is 17.2 Å². The monoisotopic (exact) mass is 2480 g/mol. The van der Waals surface area contributed by atoms with Crippen molar-refractivity contribution in [2.45, 2.75) is 187 Å². The molecule has 0 radical (unpaired) electrons. The van der Waals surface area contributed by atoms with Gasteiger partial charge in [-0.1, -0.05) is 341 Å². The van der Waals surface area contributed by atoms with Crippen LogP contribution in [0, 0.1) is 57.8 Å². The Kier molecular flexibility index (Phi) is 44.9. The molecule has 0 atom stereocenters. The normalized spacial score (nSPS) is 11.0. The number of nitrogens with zero attached hydrogens (tertiary/aromatic N) is 6. The van der Waals surface area contributed by atoms with Gasteiger partial charge in [-0.05, 0) is 125 Å². The number of hydrogen-bond acceptors (Lipinski definition) is 7. The fourth-order valence-corrected chi connectivity index (χ4v) is 24.9. The first-order chi connectivity index (χ1) is 69.8. The minimum atomic E-state index is -2.00. The van der Waals surface area contributed by atoms with Crippen molar-refractivity contribution in [3.8, 4) is 84.0 Å². The minimum absolute atomic E-state index is 0.113. The van der Waals surface area contributed by atoms with Crippen LogP contribution in [0.25, 0.3) is 99.1 Å². The van der Waals surface area contributed by atoms with Crippen molar-refractivity contribution in [3.05, 3.63) is 423 Å². The van der Waals surface area contributed by atoms with Crippen LogP contribution < -0.4 is 19.4 Å². The number of phenolic OH excluding ortho intramolecular Hbond substituents is 2. The molecule has 3 aromatic heterocycles. The maximum atomic E-state index is 10.6. The van der Waals surface area contributed by atoms with Crippen LogP contribution in [0.4, 0.5) is 17.1 Å². The molecule has 2 N–H and O–H groups in total. The molecule has 760 valence electrons. The first-order valence-electron chi connectivity index (χ1n) is 49.4. The molecule has 18 rings (SSSR count). The Hall–Kier alpha value is -11.0. The molecule has 0 aliphatic rings. The Morgan fingerprint density at radius 1 is 0.333 bits per heavy atom. The Morgan fingerprint density at radius 3 is 0.932 bits per heavy atom. The van der Waals surface area contributed by atoms with E-state index >= 15 is 0 Å². The van der Waals surface area contributed by atoms with E-state index in [2.05, 4.69) is 347 Å². The third-order valence-electron chi connectivity index (χ3n) is 23.4. The van der Waals surface area contributed by atoms with Gasteiger partial charge in [0.1, 0.15) is 17.2 Å². The number of aromatic nitrogens is 3. The quantitative estimate of drug-likeness (QED) is 0.0869. The van der Waals surface area contributed by atoms with Crippen LogP contribution >= 0.6 is 46.4 Å². The number of halogens is 4. The van der Waals surface area contributed by atoms with Crippen LogP contribution in [0.2, 0.25) is 38.2 Å². The third kappa shape index (κ3) is 36.2. The first-order valence-corrected chi connectivity index (χ1v) is 62.3. The molecule has 0 saturated heterocycles. The van der Waals surface area contributed by atoms with Gasteiger partial charge >= 0.3 is 345 Å². The zero-order valence-electron chi connectivity index (χ0n) is 89.1. The fraction of sp³-hybridized carbons (Fsp3) is 0.233. The van der Waals surface area contributed by atoms with Crippen molar-refractivity contribution >= 4 is 130 Å². The van der Waals surface area contributed by atoms with Gasteiger partial charge < -0.3 is 42.2 Å². The predicted molar refractivity (Wildman–Crippen MR) is 629 cm³/mol. The summed E-state index contributed by atoms with van der Waals surface area (Å²) in [7, 11) is -2.00. The van der Waals surface area contributed by atoms with Gasteiger partial charge in [-0.15, -0.1) is 0 Å². The van der Waals surface area contributed by atoms with E-state index in [0.29, 0.717) is 43.4 Å². The predicted octanol–water partition coefficient (Wildman–Crippen LogP) is 39.2. The molecule has 0 aliphatic carbocycles. The van der Waals surface area contributed by atoms with Crippen LogP contribution in [0.15, 0.2) is 373 Å². The van der Waals surface area contributed by atoms with E-state index in [4.69, 9.17) is 67.0 Å². The smallest absolute Gasteiger partial charge is 0.124 e. The number of aryl methyl sites for hydroxylation is 6. The Labute approximate surface area is 925 Å². The van der Waals surface area contributed by atoms with Gasteiger partial charge in [0, 0.05) is 16.2 Å². The Morgan fingerprint density at radius 2 is 0.619 bits per heavy atom. The molecule has 0 amide bonds.